The quantitative estimate of drug-likeness (QED) is 0.354. The van der Waals surface area contributed by atoms with Crippen molar-refractivity contribution in [3.8, 4) is 5.82 Å². The van der Waals surface area contributed by atoms with Crippen molar-refractivity contribution in [2.75, 3.05) is 43.5 Å². The molecule has 5 rings (SSSR count). The van der Waals surface area contributed by atoms with Crippen LogP contribution in [0.25, 0.3) is 16.7 Å². The van der Waals surface area contributed by atoms with Gasteiger partial charge in [-0.15, -0.1) is 0 Å². The van der Waals surface area contributed by atoms with Gasteiger partial charge in [0.15, 0.2) is 11.6 Å². The SMILES string of the molecule is C=CC(=O)Nc1ccc2c(c1)c(C)cn2-c1nc(Nc2cnn(CCN3CCOCC3)c2C)ncc1F. The van der Waals surface area contributed by atoms with E-state index in [1.54, 1.807) is 16.8 Å². The number of ether oxygens (including phenoxy) is 1. The Labute approximate surface area is 213 Å². The number of amides is 1. The lowest BCUT2D eigenvalue weighted by Gasteiger charge is -2.26. The molecule has 0 spiro atoms. The lowest BCUT2D eigenvalue weighted by Crippen LogP contribution is -2.38. The second-order valence-corrected chi connectivity index (χ2v) is 8.92. The van der Waals surface area contributed by atoms with Gasteiger partial charge in [-0.3, -0.25) is 18.9 Å². The molecule has 37 heavy (non-hydrogen) atoms. The molecule has 0 aliphatic carbocycles. The zero-order valence-corrected chi connectivity index (χ0v) is 20.9. The van der Waals surface area contributed by atoms with Crippen LogP contribution in [0.1, 0.15) is 11.3 Å². The number of morpholine rings is 1. The third-order valence-corrected chi connectivity index (χ3v) is 6.49. The summed E-state index contributed by atoms with van der Waals surface area (Å²) in [5.41, 5.74) is 4.00. The van der Waals surface area contributed by atoms with E-state index in [4.69, 9.17) is 4.74 Å². The van der Waals surface area contributed by atoms with E-state index in [-0.39, 0.29) is 17.7 Å². The molecule has 192 valence electrons. The highest BCUT2D eigenvalue weighted by atomic mass is 19.1. The number of halogens is 1. The predicted molar refractivity (Wildman–Crippen MR) is 140 cm³/mol. The first-order valence-electron chi connectivity index (χ1n) is 12.1. The van der Waals surface area contributed by atoms with Gasteiger partial charge in [0, 0.05) is 36.9 Å². The minimum Gasteiger partial charge on any atom is -0.379 e. The third kappa shape index (κ3) is 5.23. The largest absolute Gasteiger partial charge is 0.379 e. The van der Waals surface area contributed by atoms with Gasteiger partial charge in [-0.1, -0.05) is 6.58 Å². The molecule has 0 bridgehead atoms. The fourth-order valence-electron chi connectivity index (χ4n) is 4.40. The Morgan fingerprint density at radius 2 is 2.03 bits per heavy atom. The number of hydrogen-bond donors (Lipinski definition) is 2. The number of rotatable bonds is 8. The van der Waals surface area contributed by atoms with Gasteiger partial charge in [0.05, 0.1) is 49.1 Å². The number of carbonyl (C=O) groups excluding carboxylic acids is 1. The van der Waals surface area contributed by atoms with Gasteiger partial charge in [-0.25, -0.2) is 9.37 Å². The first-order valence-corrected chi connectivity index (χ1v) is 12.1. The van der Waals surface area contributed by atoms with Gasteiger partial charge >= 0.3 is 0 Å². The van der Waals surface area contributed by atoms with Crippen molar-refractivity contribution in [2.45, 2.75) is 20.4 Å². The Morgan fingerprint density at radius 3 is 2.81 bits per heavy atom. The maximum Gasteiger partial charge on any atom is 0.247 e. The van der Waals surface area contributed by atoms with Crippen LogP contribution in [0.4, 0.5) is 21.7 Å². The molecule has 11 heteroatoms. The summed E-state index contributed by atoms with van der Waals surface area (Å²) >= 11 is 0. The standard InChI is InChI=1S/C26H29FN8O2/c1-4-24(36)30-19-5-6-23-20(13-19)17(2)16-34(23)25-21(27)14-28-26(32-25)31-22-15-29-35(18(22)3)8-7-33-9-11-37-12-10-33/h4-6,13-16H,1,7-12H2,2-3H3,(H,30,36)(H,28,31,32). The summed E-state index contributed by atoms with van der Waals surface area (Å²) in [6.45, 7) is 12.4. The highest BCUT2D eigenvalue weighted by molar-refractivity contribution is 6.00. The maximum absolute atomic E-state index is 14.9. The Kier molecular flexibility index (Phi) is 6.97. The van der Waals surface area contributed by atoms with Crippen LogP contribution >= 0.6 is 0 Å². The van der Waals surface area contributed by atoms with E-state index in [2.05, 4.69) is 37.2 Å². The average molecular weight is 505 g/mol. The number of nitrogens with zero attached hydrogens (tertiary/aromatic N) is 6. The van der Waals surface area contributed by atoms with E-state index in [1.165, 1.54) is 6.08 Å². The van der Waals surface area contributed by atoms with Gasteiger partial charge in [-0.2, -0.15) is 10.1 Å². The van der Waals surface area contributed by atoms with Crippen LogP contribution in [0.15, 0.2) is 49.4 Å². The zero-order chi connectivity index (χ0) is 25.9. The van der Waals surface area contributed by atoms with Crippen LogP contribution < -0.4 is 10.6 Å². The Balaban J connectivity index is 1.37. The molecule has 1 aliphatic rings. The number of benzene rings is 1. The summed E-state index contributed by atoms with van der Waals surface area (Å²) < 4.78 is 24.0. The van der Waals surface area contributed by atoms with E-state index in [1.807, 2.05) is 36.9 Å². The summed E-state index contributed by atoms with van der Waals surface area (Å²) in [5.74, 6) is -0.462. The molecule has 0 radical (unpaired) electrons. The fraction of sp³-hybridized carbons (Fsp3) is 0.308. The second-order valence-electron chi connectivity index (χ2n) is 8.92. The van der Waals surface area contributed by atoms with Crippen LogP contribution in [0.2, 0.25) is 0 Å². The number of hydrogen-bond acceptors (Lipinski definition) is 7. The summed E-state index contributed by atoms with van der Waals surface area (Å²) in [6.07, 6.45) is 5.91. The van der Waals surface area contributed by atoms with E-state index in [0.29, 0.717) is 5.69 Å². The molecule has 10 nitrogen and oxygen atoms in total. The predicted octanol–water partition coefficient (Wildman–Crippen LogP) is 3.57. The molecule has 1 aliphatic heterocycles. The summed E-state index contributed by atoms with van der Waals surface area (Å²) in [6, 6.07) is 5.42. The normalized spacial score (nSPS) is 14.1. The Morgan fingerprint density at radius 1 is 1.22 bits per heavy atom. The lowest BCUT2D eigenvalue weighted by atomic mass is 10.2. The number of fused-ring (bicyclic) bond motifs is 1. The monoisotopic (exact) mass is 504 g/mol. The topological polar surface area (TPSA) is 102 Å². The third-order valence-electron chi connectivity index (χ3n) is 6.49. The van der Waals surface area contributed by atoms with Crippen molar-refractivity contribution in [3.63, 3.8) is 0 Å². The van der Waals surface area contributed by atoms with E-state index >= 15 is 0 Å². The molecular weight excluding hydrogens is 475 g/mol. The van der Waals surface area contributed by atoms with Crippen LogP contribution in [0.5, 0.6) is 0 Å². The molecule has 0 saturated carbocycles. The first kappa shape index (κ1) is 24.6. The summed E-state index contributed by atoms with van der Waals surface area (Å²) in [4.78, 5) is 22.7. The van der Waals surface area contributed by atoms with Crippen molar-refractivity contribution < 1.29 is 13.9 Å². The number of carbonyl (C=O) groups is 1. The average Bonchev–Trinajstić information content (AvgIpc) is 3.43. The first-order chi connectivity index (χ1) is 17.9. The van der Waals surface area contributed by atoms with E-state index in [9.17, 15) is 9.18 Å². The lowest BCUT2D eigenvalue weighted by molar-refractivity contribution is -0.111. The Hall–Kier alpha value is -4.09. The van der Waals surface area contributed by atoms with Crippen LogP contribution in [-0.2, 0) is 16.1 Å². The molecule has 4 heterocycles. The van der Waals surface area contributed by atoms with E-state index in [0.717, 1.165) is 73.4 Å². The van der Waals surface area contributed by atoms with Gasteiger partial charge < -0.3 is 15.4 Å². The second kappa shape index (κ2) is 10.5. The highest BCUT2D eigenvalue weighted by Gasteiger charge is 2.17. The maximum atomic E-state index is 14.9. The van der Waals surface area contributed by atoms with Crippen molar-refractivity contribution in [1.82, 2.24) is 29.2 Å². The van der Waals surface area contributed by atoms with Crippen molar-refractivity contribution in [3.05, 3.63) is 66.5 Å². The van der Waals surface area contributed by atoms with Crippen molar-refractivity contribution in [2.24, 2.45) is 0 Å². The molecule has 1 amide bonds. The molecule has 2 N–H and O–H groups in total. The van der Waals surface area contributed by atoms with Crippen LogP contribution in [0, 0.1) is 19.7 Å². The zero-order valence-electron chi connectivity index (χ0n) is 20.9. The molecule has 1 aromatic carbocycles. The van der Waals surface area contributed by atoms with Crippen LogP contribution in [0.3, 0.4) is 0 Å². The number of aryl methyl sites for hydroxylation is 1. The van der Waals surface area contributed by atoms with Crippen LogP contribution in [-0.4, -0.2) is 68.0 Å². The molecule has 1 fully saturated rings. The minimum atomic E-state index is -0.551. The minimum absolute atomic E-state index is 0.121. The van der Waals surface area contributed by atoms with Gasteiger partial charge in [0.25, 0.3) is 0 Å². The molecule has 1 saturated heterocycles. The summed E-state index contributed by atoms with van der Waals surface area (Å²) in [7, 11) is 0. The summed E-state index contributed by atoms with van der Waals surface area (Å²) in [5, 5.41) is 11.3. The number of aromatic nitrogens is 5. The molecule has 4 aromatic rings. The molecule has 0 atom stereocenters. The van der Waals surface area contributed by atoms with Gasteiger partial charge in [0.2, 0.25) is 11.9 Å². The van der Waals surface area contributed by atoms with Crippen molar-refractivity contribution in [1.29, 1.82) is 0 Å². The fourth-order valence-corrected chi connectivity index (χ4v) is 4.40. The smallest absolute Gasteiger partial charge is 0.247 e. The number of nitrogens with one attached hydrogen (secondary N) is 2. The number of anilines is 3. The Bertz CT molecular complexity index is 1450. The highest BCUT2D eigenvalue weighted by Crippen LogP contribution is 2.28. The van der Waals surface area contributed by atoms with E-state index < -0.39 is 5.82 Å². The van der Waals surface area contributed by atoms with Gasteiger partial charge in [-0.05, 0) is 43.7 Å². The molecule has 3 aromatic heterocycles. The molecule has 0 unspecified atom stereocenters. The molecular formula is C26H29FN8O2. The van der Waals surface area contributed by atoms with Gasteiger partial charge in [0.1, 0.15) is 0 Å². The van der Waals surface area contributed by atoms with Crippen molar-refractivity contribution >= 4 is 34.1 Å².